The molecule has 0 N–H and O–H groups in total. The summed E-state index contributed by atoms with van der Waals surface area (Å²) in [4.78, 5) is 22.3. The van der Waals surface area contributed by atoms with Crippen LogP contribution in [0.15, 0.2) is 24.3 Å². The van der Waals surface area contributed by atoms with Crippen molar-refractivity contribution in [3.63, 3.8) is 0 Å². The summed E-state index contributed by atoms with van der Waals surface area (Å²) < 4.78 is 30.3. The molecule has 1 aromatic rings. The van der Waals surface area contributed by atoms with Gasteiger partial charge in [-0.15, -0.1) is 0 Å². The van der Waals surface area contributed by atoms with Gasteiger partial charge in [-0.3, -0.25) is 4.79 Å². The average molecular weight is 228 g/mol. The zero-order chi connectivity index (χ0) is 12.1. The second-order valence-electron chi connectivity index (χ2n) is 2.99. The van der Waals surface area contributed by atoms with Crippen molar-refractivity contribution in [1.82, 2.24) is 0 Å². The number of ether oxygens (including phenoxy) is 1. The molecule has 0 saturated carbocycles. The van der Waals surface area contributed by atoms with Gasteiger partial charge in [0, 0.05) is 5.56 Å². The van der Waals surface area contributed by atoms with Crippen LogP contribution < -0.4 is 0 Å². The van der Waals surface area contributed by atoms with Crippen LogP contribution in [0.5, 0.6) is 0 Å². The van der Waals surface area contributed by atoms with Crippen molar-refractivity contribution in [3.05, 3.63) is 35.6 Å². The second kappa shape index (κ2) is 5.34. The summed E-state index contributed by atoms with van der Waals surface area (Å²) in [6.07, 6.45) is -2.40. The van der Waals surface area contributed by atoms with Gasteiger partial charge in [0.05, 0.1) is 6.61 Å². The van der Waals surface area contributed by atoms with E-state index >= 15 is 0 Å². The Labute approximate surface area is 91.0 Å². The van der Waals surface area contributed by atoms with Crippen LogP contribution in [0.25, 0.3) is 0 Å². The van der Waals surface area contributed by atoms with E-state index in [1.54, 1.807) is 0 Å². The van der Waals surface area contributed by atoms with E-state index in [0.29, 0.717) is 0 Å². The molecule has 0 saturated heterocycles. The lowest BCUT2D eigenvalue weighted by Crippen LogP contribution is -2.27. The number of alkyl halides is 1. The van der Waals surface area contributed by atoms with Gasteiger partial charge in [0.1, 0.15) is 5.82 Å². The smallest absolute Gasteiger partial charge is 0.348 e. The van der Waals surface area contributed by atoms with E-state index in [0.717, 1.165) is 12.1 Å². The minimum atomic E-state index is -2.40. The van der Waals surface area contributed by atoms with E-state index in [9.17, 15) is 18.4 Å². The Morgan fingerprint density at radius 2 is 2.12 bits per heavy atom. The number of benzene rings is 1. The molecular formula is C11H10F2O3. The van der Waals surface area contributed by atoms with Crippen molar-refractivity contribution in [3.8, 4) is 0 Å². The van der Waals surface area contributed by atoms with Gasteiger partial charge in [-0.05, 0) is 19.1 Å². The minimum absolute atomic E-state index is 0.0182. The predicted molar refractivity (Wildman–Crippen MR) is 52.3 cm³/mol. The molecule has 1 rings (SSSR count). The fourth-order valence-electron chi connectivity index (χ4n) is 1.11. The normalized spacial score (nSPS) is 11.9. The summed E-state index contributed by atoms with van der Waals surface area (Å²) in [7, 11) is 0. The number of carbonyl (C=O) groups excluding carboxylic acids is 2. The molecule has 5 heteroatoms. The second-order valence-corrected chi connectivity index (χ2v) is 2.99. The number of halogens is 2. The number of ketones is 1. The van der Waals surface area contributed by atoms with Crippen LogP contribution >= 0.6 is 0 Å². The first kappa shape index (κ1) is 12.3. The molecule has 0 aliphatic rings. The lowest BCUT2D eigenvalue weighted by atomic mass is 10.1. The van der Waals surface area contributed by atoms with E-state index in [-0.39, 0.29) is 12.2 Å². The average Bonchev–Trinajstić information content (AvgIpc) is 2.27. The third-order valence-electron chi connectivity index (χ3n) is 1.83. The Bertz CT molecular complexity index is 404. The molecule has 1 atom stereocenters. The fraction of sp³-hybridized carbons (Fsp3) is 0.273. The van der Waals surface area contributed by atoms with Gasteiger partial charge in [0.25, 0.3) is 6.17 Å². The molecule has 3 nitrogen and oxygen atoms in total. The molecule has 0 heterocycles. The van der Waals surface area contributed by atoms with E-state index in [2.05, 4.69) is 4.74 Å². The van der Waals surface area contributed by atoms with Gasteiger partial charge >= 0.3 is 5.97 Å². The van der Waals surface area contributed by atoms with Gasteiger partial charge in [0.15, 0.2) is 0 Å². The quantitative estimate of drug-likeness (QED) is 0.449. The van der Waals surface area contributed by atoms with Gasteiger partial charge in [0.2, 0.25) is 5.78 Å². The monoisotopic (exact) mass is 228 g/mol. The first-order chi connectivity index (χ1) is 7.56. The number of esters is 1. The Balaban J connectivity index is 2.82. The van der Waals surface area contributed by atoms with Crippen LogP contribution in [-0.4, -0.2) is 24.5 Å². The summed E-state index contributed by atoms with van der Waals surface area (Å²) >= 11 is 0. The Kier molecular flexibility index (Phi) is 4.10. The predicted octanol–water partition coefficient (Wildman–Crippen LogP) is 1.91. The third-order valence-corrected chi connectivity index (χ3v) is 1.83. The maximum Gasteiger partial charge on any atom is 0.348 e. The molecule has 0 amide bonds. The molecule has 16 heavy (non-hydrogen) atoms. The van der Waals surface area contributed by atoms with Crippen LogP contribution in [-0.2, 0) is 9.53 Å². The molecule has 1 unspecified atom stereocenters. The maximum atomic E-state index is 13.2. The molecule has 0 aromatic heterocycles. The molecule has 0 bridgehead atoms. The largest absolute Gasteiger partial charge is 0.463 e. The number of Topliss-reactive ketones (excluding diaryl/α,β-unsaturated/α-hetero) is 1. The summed E-state index contributed by atoms with van der Waals surface area (Å²) in [5.74, 6) is -3.02. The zero-order valence-electron chi connectivity index (χ0n) is 8.57. The summed E-state index contributed by atoms with van der Waals surface area (Å²) in [6, 6.07) is 4.49. The van der Waals surface area contributed by atoms with Crippen LogP contribution in [0.2, 0.25) is 0 Å². The highest BCUT2D eigenvalue weighted by Crippen LogP contribution is 2.10. The SMILES string of the molecule is CCOC(=O)C(F)C(=O)c1cccc(F)c1. The van der Waals surface area contributed by atoms with Crippen LogP contribution in [0.1, 0.15) is 17.3 Å². The topological polar surface area (TPSA) is 43.4 Å². The van der Waals surface area contributed by atoms with E-state index in [1.165, 1.54) is 19.1 Å². The molecule has 0 aliphatic carbocycles. The molecular weight excluding hydrogens is 218 g/mol. The Hall–Kier alpha value is -1.78. The van der Waals surface area contributed by atoms with Crippen molar-refractivity contribution in [2.45, 2.75) is 13.1 Å². The van der Waals surface area contributed by atoms with E-state index in [4.69, 9.17) is 0 Å². The number of hydrogen-bond donors (Lipinski definition) is 0. The third kappa shape index (κ3) is 2.85. The van der Waals surface area contributed by atoms with Crippen LogP contribution in [0, 0.1) is 5.82 Å². The summed E-state index contributed by atoms with van der Waals surface area (Å²) in [6.45, 7) is 1.48. The van der Waals surface area contributed by atoms with Gasteiger partial charge in [-0.25, -0.2) is 13.6 Å². The lowest BCUT2D eigenvalue weighted by Gasteiger charge is -2.06. The molecule has 0 spiro atoms. The van der Waals surface area contributed by atoms with Crippen molar-refractivity contribution in [2.75, 3.05) is 6.61 Å². The van der Waals surface area contributed by atoms with Gasteiger partial charge < -0.3 is 4.74 Å². The van der Waals surface area contributed by atoms with Gasteiger partial charge in [-0.1, -0.05) is 12.1 Å². The first-order valence-electron chi connectivity index (χ1n) is 4.66. The molecule has 1 aromatic carbocycles. The first-order valence-corrected chi connectivity index (χ1v) is 4.66. The number of carbonyl (C=O) groups is 2. The number of rotatable bonds is 4. The zero-order valence-corrected chi connectivity index (χ0v) is 8.57. The van der Waals surface area contributed by atoms with Crippen molar-refractivity contribution >= 4 is 11.8 Å². The molecule has 0 aliphatic heterocycles. The van der Waals surface area contributed by atoms with Crippen molar-refractivity contribution < 1.29 is 23.1 Å². The highest BCUT2D eigenvalue weighted by molar-refractivity contribution is 6.11. The fourth-order valence-corrected chi connectivity index (χ4v) is 1.11. The number of hydrogen-bond acceptors (Lipinski definition) is 3. The molecule has 86 valence electrons. The van der Waals surface area contributed by atoms with Gasteiger partial charge in [-0.2, -0.15) is 0 Å². The molecule has 0 radical (unpaired) electrons. The summed E-state index contributed by atoms with van der Waals surface area (Å²) in [5.41, 5.74) is -0.194. The summed E-state index contributed by atoms with van der Waals surface area (Å²) in [5, 5.41) is 0. The van der Waals surface area contributed by atoms with Crippen molar-refractivity contribution in [2.24, 2.45) is 0 Å². The Morgan fingerprint density at radius 1 is 1.44 bits per heavy atom. The maximum absolute atomic E-state index is 13.2. The minimum Gasteiger partial charge on any atom is -0.463 e. The van der Waals surface area contributed by atoms with Crippen LogP contribution in [0.4, 0.5) is 8.78 Å². The van der Waals surface area contributed by atoms with Crippen molar-refractivity contribution in [1.29, 1.82) is 0 Å². The lowest BCUT2D eigenvalue weighted by molar-refractivity contribution is -0.147. The Morgan fingerprint density at radius 3 is 2.69 bits per heavy atom. The van der Waals surface area contributed by atoms with E-state index in [1.807, 2.05) is 0 Å². The highest BCUT2D eigenvalue weighted by Gasteiger charge is 2.28. The standard InChI is InChI=1S/C11H10F2O3/c1-2-16-11(15)9(13)10(14)7-4-3-5-8(12)6-7/h3-6,9H,2H2,1H3. The highest BCUT2D eigenvalue weighted by atomic mass is 19.1. The van der Waals surface area contributed by atoms with E-state index < -0.39 is 23.7 Å². The molecule has 0 fully saturated rings. The van der Waals surface area contributed by atoms with Crippen LogP contribution in [0.3, 0.4) is 0 Å².